The summed E-state index contributed by atoms with van der Waals surface area (Å²) in [6.07, 6.45) is 0. The molecule has 0 spiro atoms. The molecule has 2 atom stereocenters. The third-order valence-electron chi connectivity index (χ3n) is 3.95. The maximum atomic E-state index is 12.9. The highest BCUT2D eigenvalue weighted by molar-refractivity contribution is 9.10. The van der Waals surface area contributed by atoms with Crippen LogP contribution in [-0.4, -0.2) is 30.6 Å². The Morgan fingerprint density at radius 2 is 1.80 bits per heavy atom. The lowest BCUT2D eigenvalue weighted by Crippen LogP contribution is -2.38. The van der Waals surface area contributed by atoms with Gasteiger partial charge in [-0.3, -0.25) is 10.2 Å². The summed E-state index contributed by atoms with van der Waals surface area (Å²) in [4.78, 5) is 25.1. The first-order chi connectivity index (χ1) is 12.0. The van der Waals surface area contributed by atoms with Crippen LogP contribution in [0.5, 0.6) is 0 Å². The standard InChI is InChI=1S/C18H14Br2N2O3/c1-25-18(24)16-14(11-3-2-4-13(20)9-11)15(21-22-16)17(23)10-5-7-12(19)8-6-10/h2-9,14,16,22H,1H3/t14-,16-/m0/s1. The van der Waals surface area contributed by atoms with Gasteiger partial charge in [0.15, 0.2) is 6.04 Å². The van der Waals surface area contributed by atoms with Gasteiger partial charge in [-0.2, -0.15) is 5.10 Å². The number of hydrazone groups is 1. The molecule has 0 saturated carbocycles. The zero-order chi connectivity index (χ0) is 18.0. The van der Waals surface area contributed by atoms with Gasteiger partial charge in [0.05, 0.1) is 13.0 Å². The van der Waals surface area contributed by atoms with Crippen molar-refractivity contribution in [3.05, 3.63) is 68.6 Å². The predicted molar refractivity (Wildman–Crippen MR) is 102 cm³/mol. The van der Waals surface area contributed by atoms with E-state index in [1.54, 1.807) is 24.3 Å². The molecule has 5 nitrogen and oxygen atoms in total. The minimum atomic E-state index is -0.742. The zero-order valence-electron chi connectivity index (χ0n) is 13.2. The van der Waals surface area contributed by atoms with Crippen LogP contribution < -0.4 is 5.43 Å². The fraction of sp³-hybridized carbons (Fsp3) is 0.167. The molecule has 0 amide bonds. The first kappa shape index (κ1) is 17.8. The van der Waals surface area contributed by atoms with Crippen molar-refractivity contribution in [3.63, 3.8) is 0 Å². The molecule has 2 aromatic carbocycles. The minimum absolute atomic E-state index is 0.226. The molecule has 7 heteroatoms. The summed E-state index contributed by atoms with van der Waals surface area (Å²) in [5, 5.41) is 4.16. The molecular weight excluding hydrogens is 452 g/mol. The van der Waals surface area contributed by atoms with Crippen molar-refractivity contribution < 1.29 is 14.3 Å². The molecule has 0 fully saturated rings. The molecule has 3 rings (SSSR count). The summed E-state index contributed by atoms with van der Waals surface area (Å²) in [5.74, 6) is -1.22. The SMILES string of the molecule is COC(=O)[C@H]1NN=C(C(=O)c2ccc(Br)cc2)[C@@H]1c1cccc(Br)c1. The molecule has 0 bridgehead atoms. The van der Waals surface area contributed by atoms with Crippen LogP contribution in [0, 0.1) is 0 Å². The van der Waals surface area contributed by atoms with E-state index in [-0.39, 0.29) is 11.5 Å². The largest absolute Gasteiger partial charge is 0.467 e. The second-order valence-electron chi connectivity index (χ2n) is 5.50. The van der Waals surface area contributed by atoms with Crippen LogP contribution in [0.2, 0.25) is 0 Å². The number of halogens is 2. The van der Waals surface area contributed by atoms with Crippen molar-refractivity contribution in [3.8, 4) is 0 Å². The zero-order valence-corrected chi connectivity index (χ0v) is 16.4. The van der Waals surface area contributed by atoms with Gasteiger partial charge in [0.2, 0.25) is 5.78 Å². The Morgan fingerprint density at radius 1 is 1.08 bits per heavy atom. The Labute approximate surface area is 161 Å². The number of hydrogen-bond donors (Lipinski definition) is 1. The van der Waals surface area contributed by atoms with Crippen molar-refractivity contribution in [2.24, 2.45) is 5.10 Å². The number of nitrogens with one attached hydrogen (secondary N) is 1. The van der Waals surface area contributed by atoms with E-state index in [1.165, 1.54) is 7.11 Å². The van der Waals surface area contributed by atoms with Crippen molar-refractivity contribution in [1.82, 2.24) is 5.43 Å². The molecule has 0 saturated heterocycles. The fourth-order valence-electron chi connectivity index (χ4n) is 2.75. The lowest BCUT2D eigenvalue weighted by atomic mass is 9.85. The average molecular weight is 466 g/mol. The predicted octanol–water partition coefficient (Wildman–Crippen LogP) is 3.68. The number of ether oxygens (including phenoxy) is 1. The number of carbonyl (C=O) groups is 2. The summed E-state index contributed by atoms with van der Waals surface area (Å²) < 4.78 is 6.60. The smallest absolute Gasteiger partial charge is 0.330 e. The quantitative estimate of drug-likeness (QED) is 0.552. The van der Waals surface area contributed by atoms with E-state index < -0.39 is 17.9 Å². The number of ketones is 1. The van der Waals surface area contributed by atoms with E-state index in [0.29, 0.717) is 5.56 Å². The fourth-order valence-corrected chi connectivity index (χ4v) is 3.43. The molecule has 0 aliphatic carbocycles. The van der Waals surface area contributed by atoms with Crippen LogP contribution >= 0.6 is 31.9 Å². The van der Waals surface area contributed by atoms with Gasteiger partial charge in [-0.25, -0.2) is 4.79 Å². The monoisotopic (exact) mass is 464 g/mol. The molecule has 2 aromatic rings. The number of benzene rings is 2. The van der Waals surface area contributed by atoms with E-state index in [2.05, 4.69) is 42.4 Å². The van der Waals surface area contributed by atoms with Crippen LogP contribution in [0.4, 0.5) is 0 Å². The van der Waals surface area contributed by atoms with Crippen LogP contribution in [0.15, 0.2) is 62.6 Å². The molecule has 1 heterocycles. The molecule has 1 aliphatic rings. The van der Waals surface area contributed by atoms with Crippen LogP contribution in [0.1, 0.15) is 21.8 Å². The van der Waals surface area contributed by atoms with E-state index in [9.17, 15) is 9.59 Å². The number of nitrogens with zero attached hydrogens (tertiary/aromatic N) is 1. The van der Waals surface area contributed by atoms with E-state index in [0.717, 1.165) is 14.5 Å². The third kappa shape index (κ3) is 3.67. The Kier molecular flexibility index (Phi) is 5.34. The lowest BCUT2D eigenvalue weighted by Gasteiger charge is -2.19. The van der Waals surface area contributed by atoms with Crippen LogP contribution in [0.25, 0.3) is 0 Å². The number of hydrogen-bond acceptors (Lipinski definition) is 5. The summed E-state index contributed by atoms with van der Waals surface area (Å²) in [7, 11) is 1.32. The third-order valence-corrected chi connectivity index (χ3v) is 4.98. The van der Waals surface area contributed by atoms with E-state index in [4.69, 9.17) is 4.74 Å². The highest BCUT2D eigenvalue weighted by atomic mass is 79.9. The number of carbonyl (C=O) groups excluding carboxylic acids is 2. The maximum Gasteiger partial charge on any atom is 0.330 e. The molecular formula is C18H14Br2N2O3. The summed E-state index contributed by atoms with van der Waals surface area (Å²) in [6, 6.07) is 13.8. The summed E-state index contributed by atoms with van der Waals surface area (Å²) >= 11 is 6.78. The van der Waals surface area contributed by atoms with Crippen LogP contribution in [-0.2, 0) is 9.53 Å². The summed E-state index contributed by atoms with van der Waals surface area (Å²) in [6.45, 7) is 0. The highest BCUT2D eigenvalue weighted by Crippen LogP contribution is 2.30. The summed E-state index contributed by atoms with van der Waals surface area (Å²) in [5.41, 5.74) is 4.36. The van der Waals surface area contributed by atoms with Gasteiger partial charge in [-0.1, -0.05) is 44.0 Å². The molecule has 1 aliphatic heterocycles. The molecule has 0 aromatic heterocycles. The Balaban J connectivity index is 2.00. The van der Waals surface area contributed by atoms with Gasteiger partial charge in [-0.05, 0) is 42.0 Å². The molecule has 0 radical (unpaired) electrons. The van der Waals surface area contributed by atoms with Crippen molar-refractivity contribution in [2.45, 2.75) is 12.0 Å². The minimum Gasteiger partial charge on any atom is -0.467 e. The van der Waals surface area contributed by atoms with E-state index in [1.807, 2.05) is 24.3 Å². The molecule has 0 unspecified atom stereocenters. The number of Topliss-reactive ketones (excluding diaryl/α,β-unsaturated/α-hetero) is 1. The van der Waals surface area contributed by atoms with Crippen molar-refractivity contribution in [1.29, 1.82) is 0 Å². The van der Waals surface area contributed by atoms with Crippen LogP contribution in [0.3, 0.4) is 0 Å². The van der Waals surface area contributed by atoms with Gasteiger partial charge in [0.25, 0.3) is 0 Å². The Morgan fingerprint density at radius 3 is 2.44 bits per heavy atom. The number of rotatable bonds is 4. The second-order valence-corrected chi connectivity index (χ2v) is 7.33. The number of esters is 1. The molecule has 25 heavy (non-hydrogen) atoms. The maximum absolute atomic E-state index is 12.9. The lowest BCUT2D eigenvalue weighted by molar-refractivity contribution is -0.143. The molecule has 128 valence electrons. The highest BCUT2D eigenvalue weighted by Gasteiger charge is 2.41. The normalized spacial score (nSPS) is 19.1. The van der Waals surface area contributed by atoms with Gasteiger partial charge in [0.1, 0.15) is 5.71 Å². The van der Waals surface area contributed by atoms with Gasteiger partial charge in [-0.15, -0.1) is 0 Å². The van der Waals surface area contributed by atoms with Gasteiger partial charge < -0.3 is 4.74 Å². The van der Waals surface area contributed by atoms with Gasteiger partial charge >= 0.3 is 5.97 Å². The first-order valence-electron chi connectivity index (χ1n) is 7.48. The Bertz CT molecular complexity index is 850. The second kappa shape index (κ2) is 7.49. The van der Waals surface area contributed by atoms with Gasteiger partial charge in [0, 0.05) is 14.5 Å². The van der Waals surface area contributed by atoms with Crippen molar-refractivity contribution >= 4 is 49.3 Å². The first-order valence-corrected chi connectivity index (χ1v) is 9.06. The Hall–Kier alpha value is -1.99. The topological polar surface area (TPSA) is 67.8 Å². The van der Waals surface area contributed by atoms with Crippen molar-refractivity contribution in [2.75, 3.05) is 7.11 Å². The molecule has 1 N–H and O–H groups in total. The van der Waals surface area contributed by atoms with E-state index >= 15 is 0 Å². The average Bonchev–Trinajstić information content (AvgIpc) is 3.06. The number of methoxy groups -OCH3 is 1.